The Morgan fingerprint density at radius 3 is 2.24 bits per heavy atom. The van der Waals surface area contributed by atoms with Crippen LogP contribution in [-0.4, -0.2) is 49.8 Å². The Morgan fingerprint density at radius 1 is 1.16 bits per heavy atom. The van der Waals surface area contributed by atoms with E-state index >= 15 is 0 Å². The molecule has 0 saturated carbocycles. The third kappa shape index (κ3) is 4.80. The van der Waals surface area contributed by atoms with Crippen LogP contribution in [0.15, 0.2) is 29.2 Å². The Bertz CT molecular complexity index is 739. The fourth-order valence-corrected chi connectivity index (χ4v) is 4.65. The highest BCUT2D eigenvalue weighted by Crippen LogP contribution is 2.28. The average Bonchev–Trinajstić information content (AvgIpc) is 2.43. The first kappa shape index (κ1) is 19.9. The number of hydrogen-bond acceptors (Lipinski definition) is 4. The van der Waals surface area contributed by atoms with Gasteiger partial charge in [-0.05, 0) is 58.7 Å². The quantitative estimate of drug-likeness (QED) is 0.853. The molecule has 2 rings (SSSR count). The van der Waals surface area contributed by atoms with Crippen molar-refractivity contribution in [2.75, 3.05) is 14.1 Å². The third-order valence-electron chi connectivity index (χ3n) is 4.40. The normalized spacial score (nSPS) is 20.4. The highest BCUT2D eigenvalue weighted by Gasteiger charge is 2.38. The van der Waals surface area contributed by atoms with Crippen molar-refractivity contribution in [3.8, 4) is 0 Å². The van der Waals surface area contributed by atoms with Gasteiger partial charge < -0.3 is 10.6 Å². The fourth-order valence-electron chi connectivity index (χ4n) is 3.70. The predicted octanol–water partition coefficient (Wildman–Crippen LogP) is 1.98. The number of carbonyl (C=O) groups excluding carboxylic acids is 1. The lowest BCUT2D eigenvalue weighted by molar-refractivity contribution is 0.0873. The van der Waals surface area contributed by atoms with Gasteiger partial charge >= 0.3 is 0 Å². The summed E-state index contributed by atoms with van der Waals surface area (Å²) < 4.78 is 25.6. The first-order valence-electron chi connectivity index (χ1n) is 8.45. The molecule has 0 bridgehead atoms. The van der Waals surface area contributed by atoms with E-state index in [9.17, 15) is 13.2 Å². The fraction of sp³-hybridized carbons (Fsp3) is 0.611. The maximum atomic E-state index is 12.6. The molecule has 0 atom stereocenters. The second-order valence-electron chi connectivity index (χ2n) is 8.29. The smallest absolute Gasteiger partial charge is 0.251 e. The van der Waals surface area contributed by atoms with Gasteiger partial charge in [-0.15, -0.1) is 0 Å². The summed E-state index contributed by atoms with van der Waals surface area (Å²) in [5, 5.41) is 6.65. The van der Waals surface area contributed by atoms with Crippen LogP contribution >= 0.6 is 0 Å². The van der Waals surface area contributed by atoms with Crippen LogP contribution in [-0.2, 0) is 10.0 Å². The lowest BCUT2D eigenvalue weighted by atomic mass is 9.79. The first-order chi connectivity index (χ1) is 11.3. The van der Waals surface area contributed by atoms with Gasteiger partial charge in [-0.25, -0.2) is 12.7 Å². The van der Waals surface area contributed by atoms with Gasteiger partial charge in [-0.3, -0.25) is 4.79 Å². The minimum atomic E-state index is -3.56. The number of piperidine rings is 1. The lowest BCUT2D eigenvalue weighted by Gasteiger charge is -2.46. The topological polar surface area (TPSA) is 78.5 Å². The van der Waals surface area contributed by atoms with Crippen LogP contribution in [0.5, 0.6) is 0 Å². The summed E-state index contributed by atoms with van der Waals surface area (Å²) in [6.07, 6.45) is 1.63. The molecule has 6 nitrogen and oxygen atoms in total. The summed E-state index contributed by atoms with van der Waals surface area (Å²) in [4.78, 5) is 12.8. The van der Waals surface area contributed by atoms with E-state index in [0.717, 1.165) is 17.1 Å². The van der Waals surface area contributed by atoms with Crippen LogP contribution in [0.4, 0.5) is 0 Å². The molecule has 0 aromatic heterocycles. The van der Waals surface area contributed by atoms with Crippen molar-refractivity contribution in [1.29, 1.82) is 0 Å². The van der Waals surface area contributed by atoms with Crippen LogP contribution < -0.4 is 10.6 Å². The van der Waals surface area contributed by atoms with Crippen LogP contribution in [0.2, 0.25) is 0 Å². The zero-order valence-corrected chi connectivity index (χ0v) is 16.7. The van der Waals surface area contributed by atoms with E-state index in [1.807, 2.05) is 0 Å². The Labute approximate surface area is 151 Å². The predicted molar refractivity (Wildman–Crippen MR) is 99.1 cm³/mol. The average molecular weight is 368 g/mol. The minimum Gasteiger partial charge on any atom is -0.349 e. The maximum Gasteiger partial charge on any atom is 0.251 e. The van der Waals surface area contributed by atoms with Crippen molar-refractivity contribution in [2.24, 2.45) is 0 Å². The molecule has 2 N–H and O–H groups in total. The molecule has 0 spiro atoms. The van der Waals surface area contributed by atoms with Crippen molar-refractivity contribution >= 4 is 15.9 Å². The van der Waals surface area contributed by atoms with Gasteiger partial charge in [0.25, 0.3) is 5.91 Å². The highest BCUT2D eigenvalue weighted by molar-refractivity contribution is 7.89. The summed E-state index contributed by atoms with van der Waals surface area (Å²) in [6.45, 7) is 8.49. The first-order valence-corrected chi connectivity index (χ1v) is 9.89. The van der Waals surface area contributed by atoms with E-state index < -0.39 is 10.0 Å². The molecule has 1 aromatic carbocycles. The Morgan fingerprint density at radius 2 is 1.72 bits per heavy atom. The summed E-state index contributed by atoms with van der Waals surface area (Å²) >= 11 is 0. The molecule has 1 aliphatic heterocycles. The molecule has 0 aliphatic carbocycles. The molecule has 1 aromatic rings. The molecule has 7 heteroatoms. The van der Waals surface area contributed by atoms with Crippen molar-refractivity contribution in [1.82, 2.24) is 14.9 Å². The summed E-state index contributed by atoms with van der Waals surface area (Å²) in [6, 6.07) is 6.21. The Kier molecular flexibility index (Phi) is 5.33. The van der Waals surface area contributed by atoms with E-state index in [0.29, 0.717) is 5.56 Å². The van der Waals surface area contributed by atoms with Crippen LogP contribution in [0.3, 0.4) is 0 Å². The molecular weight excluding hydrogens is 338 g/mol. The second kappa shape index (κ2) is 6.70. The lowest BCUT2D eigenvalue weighted by Crippen LogP contribution is -2.62. The van der Waals surface area contributed by atoms with Gasteiger partial charge in [0.2, 0.25) is 10.0 Å². The van der Waals surface area contributed by atoms with Gasteiger partial charge in [0.15, 0.2) is 0 Å². The Balaban J connectivity index is 2.19. The van der Waals surface area contributed by atoms with E-state index in [-0.39, 0.29) is 27.9 Å². The van der Waals surface area contributed by atoms with E-state index in [4.69, 9.17) is 0 Å². The van der Waals surface area contributed by atoms with E-state index in [1.54, 1.807) is 12.1 Å². The molecule has 1 heterocycles. The van der Waals surface area contributed by atoms with Crippen molar-refractivity contribution in [3.05, 3.63) is 29.8 Å². The molecule has 0 radical (unpaired) electrons. The van der Waals surface area contributed by atoms with Gasteiger partial charge in [0.1, 0.15) is 0 Å². The maximum absolute atomic E-state index is 12.6. The number of nitrogens with one attached hydrogen (secondary N) is 2. The molecule has 0 unspecified atom stereocenters. The monoisotopic (exact) mass is 367 g/mol. The van der Waals surface area contributed by atoms with Gasteiger partial charge in [0, 0.05) is 36.8 Å². The van der Waals surface area contributed by atoms with E-state index in [2.05, 4.69) is 38.3 Å². The summed E-state index contributed by atoms with van der Waals surface area (Å²) in [7, 11) is -0.613. The summed E-state index contributed by atoms with van der Waals surface area (Å²) in [5.74, 6) is -0.241. The number of carbonyl (C=O) groups is 1. The van der Waals surface area contributed by atoms with Crippen molar-refractivity contribution in [3.63, 3.8) is 0 Å². The van der Waals surface area contributed by atoms with Gasteiger partial charge in [-0.2, -0.15) is 0 Å². The number of sulfonamides is 1. The van der Waals surface area contributed by atoms with Crippen molar-refractivity contribution in [2.45, 2.75) is 62.6 Å². The molecule has 25 heavy (non-hydrogen) atoms. The van der Waals surface area contributed by atoms with Gasteiger partial charge in [-0.1, -0.05) is 6.07 Å². The van der Waals surface area contributed by atoms with Crippen LogP contribution in [0, 0.1) is 0 Å². The molecular formula is C18H29N3O3S. The van der Waals surface area contributed by atoms with Gasteiger partial charge in [0.05, 0.1) is 4.90 Å². The Hall–Kier alpha value is -1.44. The molecule has 1 amide bonds. The largest absolute Gasteiger partial charge is 0.349 e. The van der Waals surface area contributed by atoms with Crippen LogP contribution in [0.25, 0.3) is 0 Å². The molecule has 1 saturated heterocycles. The molecule has 1 fully saturated rings. The van der Waals surface area contributed by atoms with Crippen LogP contribution in [0.1, 0.15) is 50.9 Å². The highest BCUT2D eigenvalue weighted by atomic mass is 32.2. The standard InChI is InChI=1S/C18H29N3O3S/c1-17(2)11-14(12-18(3,4)20-17)19-16(22)13-8-7-9-15(10-13)25(23,24)21(5)6/h7-10,14,20H,11-12H2,1-6H3,(H,19,22). The zero-order valence-electron chi connectivity index (χ0n) is 15.9. The number of rotatable bonds is 4. The van der Waals surface area contributed by atoms with E-state index in [1.165, 1.54) is 26.2 Å². The van der Waals surface area contributed by atoms with Crippen molar-refractivity contribution < 1.29 is 13.2 Å². The number of benzene rings is 1. The molecule has 1 aliphatic rings. The molecule has 140 valence electrons. The number of nitrogens with zero attached hydrogens (tertiary/aromatic N) is 1. The summed E-state index contributed by atoms with van der Waals surface area (Å²) in [5.41, 5.74) is 0.211. The number of hydrogen-bond donors (Lipinski definition) is 2. The number of amides is 1. The second-order valence-corrected chi connectivity index (χ2v) is 10.4. The third-order valence-corrected chi connectivity index (χ3v) is 6.21. The SMILES string of the molecule is CN(C)S(=O)(=O)c1cccc(C(=O)NC2CC(C)(C)NC(C)(C)C2)c1. The minimum absolute atomic E-state index is 0.0351. The zero-order chi connectivity index (χ0) is 19.0.